The Labute approximate surface area is 165 Å². The normalized spacial score (nSPS) is 27.4. The summed E-state index contributed by atoms with van der Waals surface area (Å²) in [5.41, 5.74) is 0.210. The predicted molar refractivity (Wildman–Crippen MR) is 106 cm³/mol. The van der Waals surface area contributed by atoms with Crippen LogP contribution >= 0.6 is 11.6 Å². The molecule has 0 radical (unpaired) electrons. The third-order valence-electron chi connectivity index (χ3n) is 6.05. The Morgan fingerprint density at radius 2 is 2.00 bits per heavy atom. The Balaban J connectivity index is 1.55. The first-order valence-corrected chi connectivity index (χ1v) is 10.2. The SMILES string of the molecule is CCOC1CCC(C)(N2CCC(Nc3nc(Cl)ccc3[N+](=O)[O-])CC2)CC1. The Kier molecular flexibility index (Phi) is 6.55. The summed E-state index contributed by atoms with van der Waals surface area (Å²) in [7, 11) is 0. The van der Waals surface area contributed by atoms with Crippen molar-refractivity contribution in [3.63, 3.8) is 0 Å². The van der Waals surface area contributed by atoms with Crippen LogP contribution in [0.15, 0.2) is 12.1 Å². The highest BCUT2D eigenvalue weighted by Crippen LogP contribution is 2.36. The van der Waals surface area contributed by atoms with Gasteiger partial charge in [0.25, 0.3) is 0 Å². The molecule has 7 nitrogen and oxygen atoms in total. The van der Waals surface area contributed by atoms with E-state index in [-0.39, 0.29) is 28.2 Å². The van der Waals surface area contributed by atoms with E-state index >= 15 is 0 Å². The number of hydrogen-bond acceptors (Lipinski definition) is 6. The molecule has 1 saturated heterocycles. The number of nitrogens with zero attached hydrogens (tertiary/aromatic N) is 3. The van der Waals surface area contributed by atoms with E-state index in [0.717, 1.165) is 58.2 Å². The molecule has 1 saturated carbocycles. The van der Waals surface area contributed by atoms with Crippen molar-refractivity contribution < 1.29 is 9.66 Å². The maximum atomic E-state index is 11.2. The average molecular weight is 397 g/mol. The molecule has 0 atom stereocenters. The lowest BCUT2D eigenvalue weighted by Gasteiger charge is -2.48. The van der Waals surface area contributed by atoms with E-state index < -0.39 is 4.92 Å². The topological polar surface area (TPSA) is 80.5 Å². The molecule has 1 aromatic rings. The summed E-state index contributed by atoms with van der Waals surface area (Å²) >= 11 is 5.92. The minimum atomic E-state index is -0.418. The van der Waals surface area contributed by atoms with Crippen LogP contribution in [0.4, 0.5) is 11.5 Å². The monoisotopic (exact) mass is 396 g/mol. The zero-order valence-corrected chi connectivity index (χ0v) is 16.9. The van der Waals surface area contributed by atoms with E-state index in [1.165, 1.54) is 12.1 Å². The highest BCUT2D eigenvalue weighted by atomic mass is 35.5. The van der Waals surface area contributed by atoms with E-state index in [9.17, 15) is 10.1 Å². The highest BCUT2D eigenvalue weighted by Gasteiger charge is 2.38. The molecule has 1 N–H and O–H groups in total. The quantitative estimate of drug-likeness (QED) is 0.439. The van der Waals surface area contributed by atoms with Gasteiger partial charge in [-0.25, -0.2) is 4.98 Å². The fraction of sp³-hybridized carbons (Fsp3) is 0.737. The highest BCUT2D eigenvalue weighted by molar-refractivity contribution is 6.29. The number of aromatic nitrogens is 1. The summed E-state index contributed by atoms with van der Waals surface area (Å²) in [6, 6.07) is 3.03. The Morgan fingerprint density at radius 3 is 2.59 bits per heavy atom. The van der Waals surface area contributed by atoms with Crippen molar-refractivity contribution >= 4 is 23.1 Å². The first-order valence-electron chi connectivity index (χ1n) is 9.85. The molecule has 0 unspecified atom stereocenters. The van der Waals surface area contributed by atoms with Crippen LogP contribution in [0.25, 0.3) is 0 Å². The second-order valence-electron chi connectivity index (χ2n) is 7.82. The zero-order chi connectivity index (χ0) is 19.4. The van der Waals surface area contributed by atoms with Gasteiger partial charge in [-0.2, -0.15) is 0 Å². The standard InChI is InChI=1S/C19H29ClN4O3/c1-3-27-15-6-10-19(2,11-7-15)23-12-8-14(9-13-23)21-18-16(24(25)26)4-5-17(20)22-18/h4-5,14-15H,3,6-13H2,1-2H3,(H,21,22). The predicted octanol–water partition coefficient (Wildman–Crippen LogP) is 4.26. The fourth-order valence-electron chi connectivity index (χ4n) is 4.37. The first-order chi connectivity index (χ1) is 12.9. The molecule has 0 amide bonds. The van der Waals surface area contributed by atoms with Crippen molar-refractivity contribution in [1.29, 1.82) is 0 Å². The lowest BCUT2D eigenvalue weighted by molar-refractivity contribution is -0.384. The maximum absolute atomic E-state index is 11.2. The van der Waals surface area contributed by atoms with Crippen molar-refractivity contribution in [2.75, 3.05) is 25.0 Å². The summed E-state index contributed by atoms with van der Waals surface area (Å²) in [5.74, 6) is 0.273. The molecule has 2 heterocycles. The second-order valence-corrected chi connectivity index (χ2v) is 8.20. The molecule has 8 heteroatoms. The lowest BCUT2D eigenvalue weighted by atomic mass is 9.79. The van der Waals surface area contributed by atoms with Gasteiger partial charge in [-0.05, 0) is 58.4 Å². The van der Waals surface area contributed by atoms with Crippen LogP contribution in [0.3, 0.4) is 0 Å². The van der Waals surface area contributed by atoms with Gasteiger partial charge in [-0.3, -0.25) is 15.0 Å². The molecule has 3 rings (SSSR count). The molecule has 2 fully saturated rings. The molecular weight excluding hydrogens is 368 g/mol. The van der Waals surface area contributed by atoms with E-state index in [0.29, 0.717) is 6.10 Å². The van der Waals surface area contributed by atoms with Gasteiger partial charge >= 0.3 is 5.69 Å². The van der Waals surface area contributed by atoms with E-state index in [1.54, 1.807) is 0 Å². The third-order valence-corrected chi connectivity index (χ3v) is 6.26. The number of nitrogens with one attached hydrogen (secondary N) is 1. The number of ether oxygens (including phenoxy) is 1. The van der Waals surface area contributed by atoms with Gasteiger partial charge in [0.1, 0.15) is 5.15 Å². The number of halogens is 1. The van der Waals surface area contributed by atoms with Crippen LogP contribution in [0.1, 0.15) is 52.4 Å². The number of nitro groups is 1. The van der Waals surface area contributed by atoms with Gasteiger partial charge in [0, 0.05) is 37.3 Å². The summed E-state index contributed by atoms with van der Waals surface area (Å²) in [4.78, 5) is 17.5. The molecule has 0 aromatic carbocycles. The van der Waals surface area contributed by atoms with Crippen molar-refractivity contribution in [1.82, 2.24) is 9.88 Å². The number of likely N-dealkylation sites (tertiary alicyclic amines) is 1. The van der Waals surface area contributed by atoms with Crippen LogP contribution in [0, 0.1) is 10.1 Å². The molecule has 27 heavy (non-hydrogen) atoms. The van der Waals surface area contributed by atoms with Gasteiger partial charge in [0.2, 0.25) is 5.82 Å². The van der Waals surface area contributed by atoms with Crippen molar-refractivity contribution in [3.8, 4) is 0 Å². The molecule has 1 aliphatic carbocycles. The summed E-state index contributed by atoms with van der Waals surface area (Å²) in [6.07, 6.45) is 6.87. The van der Waals surface area contributed by atoms with E-state index in [1.807, 2.05) is 0 Å². The molecule has 1 aliphatic heterocycles. The Hall–Kier alpha value is -1.44. The largest absolute Gasteiger partial charge is 0.379 e. The Bertz CT molecular complexity index is 656. The minimum absolute atomic E-state index is 0.0250. The summed E-state index contributed by atoms with van der Waals surface area (Å²) in [6.45, 7) is 7.20. The fourth-order valence-corrected chi connectivity index (χ4v) is 4.52. The maximum Gasteiger partial charge on any atom is 0.311 e. The van der Waals surface area contributed by atoms with Crippen molar-refractivity contribution in [3.05, 3.63) is 27.4 Å². The van der Waals surface area contributed by atoms with E-state index in [2.05, 4.69) is 29.0 Å². The first kappa shape index (κ1) is 20.3. The molecular formula is C19H29ClN4O3. The van der Waals surface area contributed by atoms with Crippen LogP contribution in [0.2, 0.25) is 5.15 Å². The summed E-state index contributed by atoms with van der Waals surface area (Å²) in [5, 5.41) is 14.7. The van der Waals surface area contributed by atoms with Gasteiger partial charge in [-0.1, -0.05) is 11.6 Å². The number of pyridine rings is 1. The smallest absolute Gasteiger partial charge is 0.311 e. The van der Waals surface area contributed by atoms with Crippen molar-refractivity contribution in [2.24, 2.45) is 0 Å². The van der Waals surface area contributed by atoms with Crippen LogP contribution in [0.5, 0.6) is 0 Å². The number of piperidine rings is 1. The van der Waals surface area contributed by atoms with Gasteiger partial charge in [-0.15, -0.1) is 0 Å². The Morgan fingerprint density at radius 1 is 1.33 bits per heavy atom. The summed E-state index contributed by atoms with van der Waals surface area (Å²) < 4.78 is 5.79. The van der Waals surface area contributed by atoms with Crippen LogP contribution in [-0.2, 0) is 4.74 Å². The number of anilines is 1. The van der Waals surface area contributed by atoms with Crippen LogP contribution in [-0.4, -0.2) is 52.2 Å². The number of rotatable bonds is 6. The molecule has 150 valence electrons. The average Bonchev–Trinajstić information content (AvgIpc) is 2.64. The van der Waals surface area contributed by atoms with Gasteiger partial charge in [0.05, 0.1) is 11.0 Å². The van der Waals surface area contributed by atoms with Gasteiger partial charge in [0.15, 0.2) is 0 Å². The third kappa shape index (κ3) is 4.89. The minimum Gasteiger partial charge on any atom is -0.379 e. The molecule has 1 aromatic heterocycles. The molecule has 0 spiro atoms. The van der Waals surface area contributed by atoms with Gasteiger partial charge < -0.3 is 10.1 Å². The zero-order valence-electron chi connectivity index (χ0n) is 16.1. The van der Waals surface area contributed by atoms with Crippen molar-refractivity contribution in [2.45, 2.75) is 70.1 Å². The molecule has 0 bridgehead atoms. The lowest BCUT2D eigenvalue weighted by Crippen LogP contribution is -2.53. The van der Waals surface area contributed by atoms with E-state index in [4.69, 9.17) is 16.3 Å². The van der Waals surface area contributed by atoms with Crippen LogP contribution < -0.4 is 5.32 Å². The molecule has 2 aliphatic rings. The number of hydrogen-bond donors (Lipinski definition) is 1. The second kappa shape index (κ2) is 8.71.